The predicted octanol–water partition coefficient (Wildman–Crippen LogP) is 2.29. The number of carbonyl (C=O) groups excluding carboxylic acids is 2. The van der Waals surface area contributed by atoms with Gasteiger partial charge in [-0.25, -0.2) is 0 Å². The Labute approximate surface area is 129 Å². The summed E-state index contributed by atoms with van der Waals surface area (Å²) < 4.78 is 10.7. The van der Waals surface area contributed by atoms with Gasteiger partial charge in [-0.15, -0.1) is 6.58 Å². The zero-order valence-corrected chi connectivity index (χ0v) is 12.8. The largest absolute Gasteiger partial charge is 0.493 e. The normalized spacial score (nSPS) is 19.5. The summed E-state index contributed by atoms with van der Waals surface area (Å²) in [5.74, 6) is 0.347. The van der Waals surface area contributed by atoms with E-state index in [1.807, 2.05) is 0 Å². The third kappa shape index (κ3) is 2.52. The molecular formula is C17H20O5. The number of ketones is 1. The van der Waals surface area contributed by atoms with Crippen molar-refractivity contribution < 1.29 is 24.2 Å². The number of allylic oxidation sites excluding steroid dienone is 1. The average molecular weight is 304 g/mol. The zero-order chi connectivity index (χ0) is 16.3. The summed E-state index contributed by atoms with van der Waals surface area (Å²) in [6.07, 6.45) is 2.55. The molecule has 22 heavy (non-hydrogen) atoms. The van der Waals surface area contributed by atoms with Crippen molar-refractivity contribution in [3.8, 4) is 11.5 Å². The number of aliphatic hydroxyl groups excluding tert-OH is 1. The van der Waals surface area contributed by atoms with Gasteiger partial charge in [0, 0.05) is 12.0 Å². The first kappa shape index (κ1) is 16.2. The van der Waals surface area contributed by atoms with E-state index in [0.717, 1.165) is 0 Å². The molecule has 0 aliphatic carbocycles. The molecule has 1 heterocycles. The van der Waals surface area contributed by atoms with Crippen LogP contribution >= 0.6 is 0 Å². The molecule has 5 nitrogen and oxygen atoms in total. The van der Waals surface area contributed by atoms with Crippen LogP contribution in [0, 0.1) is 0 Å². The molecule has 1 N–H and O–H groups in total. The van der Waals surface area contributed by atoms with Gasteiger partial charge in [-0.3, -0.25) is 4.79 Å². The Bertz CT molecular complexity index is 620. The van der Waals surface area contributed by atoms with Crippen molar-refractivity contribution in [2.24, 2.45) is 0 Å². The maximum atomic E-state index is 12.6. The molecule has 1 aromatic rings. The number of hydrogen-bond donors (Lipinski definition) is 1. The van der Waals surface area contributed by atoms with Gasteiger partial charge in [0.05, 0.1) is 13.7 Å². The van der Waals surface area contributed by atoms with Gasteiger partial charge in [-0.2, -0.15) is 0 Å². The average Bonchev–Trinajstić information content (AvgIpc) is 2.78. The van der Waals surface area contributed by atoms with Crippen LogP contribution in [0.5, 0.6) is 11.5 Å². The van der Waals surface area contributed by atoms with Crippen LogP contribution in [-0.2, 0) is 21.6 Å². The number of fused-ring (bicyclic) bond motifs is 1. The number of hydrogen-bond acceptors (Lipinski definition) is 5. The van der Waals surface area contributed by atoms with Gasteiger partial charge >= 0.3 is 5.97 Å². The van der Waals surface area contributed by atoms with E-state index < -0.39 is 11.4 Å². The van der Waals surface area contributed by atoms with E-state index in [-0.39, 0.29) is 18.8 Å². The van der Waals surface area contributed by atoms with Gasteiger partial charge < -0.3 is 19.4 Å². The summed E-state index contributed by atoms with van der Waals surface area (Å²) in [7, 11) is 1.49. The molecule has 0 aromatic heterocycles. The third-order valence-electron chi connectivity index (χ3n) is 4.06. The van der Waals surface area contributed by atoms with Crippen LogP contribution in [0.2, 0.25) is 0 Å². The summed E-state index contributed by atoms with van der Waals surface area (Å²) in [5, 5.41) is 9.63. The summed E-state index contributed by atoms with van der Waals surface area (Å²) in [4.78, 5) is 24.0. The molecule has 0 bridgehead atoms. The third-order valence-corrected chi connectivity index (χ3v) is 4.06. The second kappa shape index (κ2) is 6.32. The molecule has 0 saturated heterocycles. The standard InChI is InChI=1S/C17H20O5/c1-4-8-17(9-7-11(2)19)14-12(10-18)5-6-13(21-3)15(14)22-16(17)20/h4-6,18H,1,7-10H2,2-3H3. The number of Topliss-reactive ketones (excluding diaryl/α,β-unsaturated/α-hetero) is 1. The van der Waals surface area contributed by atoms with Crippen molar-refractivity contribution in [1.82, 2.24) is 0 Å². The van der Waals surface area contributed by atoms with Crippen LogP contribution in [0.25, 0.3) is 0 Å². The van der Waals surface area contributed by atoms with Gasteiger partial charge in [0.2, 0.25) is 0 Å². The van der Waals surface area contributed by atoms with E-state index in [0.29, 0.717) is 35.5 Å². The molecule has 1 aliphatic heterocycles. The maximum absolute atomic E-state index is 12.6. The summed E-state index contributed by atoms with van der Waals surface area (Å²) in [5.41, 5.74) is 0.225. The lowest BCUT2D eigenvalue weighted by Crippen LogP contribution is -2.34. The van der Waals surface area contributed by atoms with E-state index in [4.69, 9.17) is 9.47 Å². The Morgan fingerprint density at radius 1 is 1.50 bits per heavy atom. The van der Waals surface area contributed by atoms with Gasteiger partial charge in [0.15, 0.2) is 11.5 Å². The minimum atomic E-state index is -0.991. The Morgan fingerprint density at radius 3 is 2.77 bits per heavy atom. The Hall–Kier alpha value is -2.14. The fraction of sp³-hybridized carbons (Fsp3) is 0.412. The molecule has 0 radical (unpaired) electrons. The fourth-order valence-corrected chi connectivity index (χ4v) is 2.97. The van der Waals surface area contributed by atoms with Crippen LogP contribution in [0.1, 0.15) is 37.3 Å². The summed E-state index contributed by atoms with van der Waals surface area (Å²) in [6.45, 7) is 4.98. The molecule has 1 atom stereocenters. The minimum Gasteiger partial charge on any atom is -0.493 e. The number of esters is 1. The highest BCUT2D eigenvalue weighted by atomic mass is 16.6. The Morgan fingerprint density at radius 2 is 2.23 bits per heavy atom. The lowest BCUT2D eigenvalue weighted by Gasteiger charge is -2.26. The van der Waals surface area contributed by atoms with Crippen LogP contribution in [-0.4, -0.2) is 24.0 Å². The highest BCUT2D eigenvalue weighted by Crippen LogP contribution is 2.51. The lowest BCUT2D eigenvalue weighted by molar-refractivity contribution is -0.138. The van der Waals surface area contributed by atoms with Crippen LogP contribution < -0.4 is 9.47 Å². The number of aliphatic hydroxyl groups is 1. The van der Waals surface area contributed by atoms with Crippen molar-refractivity contribution in [2.75, 3.05) is 7.11 Å². The van der Waals surface area contributed by atoms with E-state index in [1.54, 1.807) is 18.2 Å². The molecule has 0 saturated carbocycles. The first-order chi connectivity index (χ1) is 10.5. The molecule has 0 amide bonds. The van der Waals surface area contributed by atoms with Crippen molar-refractivity contribution in [3.05, 3.63) is 35.9 Å². The number of benzene rings is 1. The molecular weight excluding hydrogens is 284 g/mol. The molecule has 118 valence electrons. The first-order valence-electron chi connectivity index (χ1n) is 7.14. The minimum absolute atomic E-state index is 0.00173. The van der Waals surface area contributed by atoms with Gasteiger partial charge in [0.1, 0.15) is 11.2 Å². The molecule has 0 spiro atoms. The van der Waals surface area contributed by atoms with Gasteiger partial charge in [-0.05, 0) is 31.4 Å². The fourth-order valence-electron chi connectivity index (χ4n) is 2.97. The Balaban J connectivity index is 2.64. The second-order valence-corrected chi connectivity index (χ2v) is 5.46. The second-order valence-electron chi connectivity index (χ2n) is 5.46. The molecule has 0 fully saturated rings. The monoisotopic (exact) mass is 304 g/mol. The topological polar surface area (TPSA) is 72.8 Å². The highest BCUT2D eigenvalue weighted by molar-refractivity contribution is 5.93. The predicted molar refractivity (Wildman–Crippen MR) is 81.0 cm³/mol. The number of ether oxygens (including phenoxy) is 2. The number of rotatable bonds is 7. The highest BCUT2D eigenvalue weighted by Gasteiger charge is 2.50. The van der Waals surface area contributed by atoms with E-state index in [2.05, 4.69) is 6.58 Å². The van der Waals surface area contributed by atoms with E-state index in [9.17, 15) is 14.7 Å². The molecule has 2 rings (SSSR count). The number of carbonyl (C=O) groups is 2. The smallest absolute Gasteiger partial charge is 0.322 e. The quantitative estimate of drug-likeness (QED) is 0.475. The summed E-state index contributed by atoms with van der Waals surface area (Å²) in [6, 6.07) is 3.37. The first-order valence-corrected chi connectivity index (χ1v) is 7.14. The van der Waals surface area contributed by atoms with Crippen molar-refractivity contribution in [1.29, 1.82) is 0 Å². The zero-order valence-electron chi connectivity index (χ0n) is 12.8. The maximum Gasteiger partial charge on any atom is 0.322 e. The van der Waals surface area contributed by atoms with Gasteiger partial charge in [-0.1, -0.05) is 12.1 Å². The van der Waals surface area contributed by atoms with Crippen LogP contribution in [0.3, 0.4) is 0 Å². The SMILES string of the molecule is C=CCC1(CCC(C)=O)C(=O)Oc2c(OC)ccc(CO)c21. The van der Waals surface area contributed by atoms with Crippen LogP contribution in [0.4, 0.5) is 0 Å². The molecule has 1 unspecified atom stereocenters. The van der Waals surface area contributed by atoms with Crippen molar-refractivity contribution in [2.45, 2.75) is 38.2 Å². The lowest BCUT2D eigenvalue weighted by atomic mass is 9.73. The summed E-state index contributed by atoms with van der Waals surface area (Å²) >= 11 is 0. The molecule has 5 heteroatoms. The Kier molecular flexibility index (Phi) is 4.66. The number of methoxy groups -OCH3 is 1. The van der Waals surface area contributed by atoms with Crippen molar-refractivity contribution >= 4 is 11.8 Å². The van der Waals surface area contributed by atoms with E-state index >= 15 is 0 Å². The van der Waals surface area contributed by atoms with E-state index in [1.165, 1.54) is 14.0 Å². The molecule has 1 aliphatic rings. The molecule has 1 aromatic carbocycles. The van der Waals surface area contributed by atoms with Gasteiger partial charge in [0.25, 0.3) is 0 Å². The van der Waals surface area contributed by atoms with Crippen molar-refractivity contribution in [3.63, 3.8) is 0 Å². The van der Waals surface area contributed by atoms with Crippen LogP contribution in [0.15, 0.2) is 24.8 Å².